The van der Waals surface area contributed by atoms with E-state index >= 15 is 0 Å². The molecule has 0 aromatic heterocycles. The van der Waals surface area contributed by atoms with Crippen molar-refractivity contribution in [3.8, 4) is 0 Å². The van der Waals surface area contributed by atoms with Gasteiger partial charge in [-0.1, -0.05) is 18.2 Å². The van der Waals surface area contributed by atoms with Crippen molar-refractivity contribution in [2.24, 2.45) is 0 Å². The van der Waals surface area contributed by atoms with Crippen molar-refractivity contribution < 1.29 is 18.4 Å². The second kappa shape index (κ2) is 8.28. The van der Waals surface area contributed by atoms with Crippen LogP contribution in [0.25, 0.3) is 0 Å². The maximum absolute atomic E-state index is 14.0. The van der Waals surface area contributed by atoms with Gasteiger partial charge in [0.2, 0.25) is 5.91 Å². The summed E-state index contributed by atoms with van der Waals surface area (Å²) in [5, 5.41) is 2.49. The van der Waals surface area contributed by atoms with Crippen LogP contribution in [0.5, 0.6) is 0 Å². The first-order valence-corrected chi connectivity index (χ1v) is 10.3. The van der Waals surface area contributed by atoms with Crippen LogP contribution in [-0.2, 0) is 4.79 Å². The van der Waals surface area contributed by atoms with Crippen molar-refractivity contribution in [1.29, 1.82) is 0 Å². The molecule has 30 heavy (non-hydrogen) atoms. The van der Waals surface area contributed by atoms with Crippen LogP contribution in [0.2, 0.25) is 0 Å². The first kappa shape index (κ1) is 20.1. The van der Waals surface area contributed by atoms with Crippen LogP contribution in [0.3, 0.4) is 0 Å². The molecule has 2 amide bonds. The quantitative estimate of drug-likeness (QED) is 0.618. The number of hydrogen-bond acceptors (Lipinski definition) is 3. The molecule has 1 atom stereocenters. The third-order valence-corrected chi connectivity index (χ3v) is 6.07. The van der Waals surface area contributed by atoms with Crippen molar-refractivity contribution >= 4 is 35.0 Å². The summed E-state index contributed by atoms with van der Waals surface area (Å²) in [5.41, 5.74) is 2.84. The standard InChI is InChI=1S/C23H18F2N2O2S/c1-14-2-11-19(12-20(14)25)27-21(28)13-30-23(27)16-5-9-18(10-6-16)26-22(29)15-3-7-17(24)8-4-15/h2-12,23H,13H2,1H3,(H,26,29)/t23-/m0/s1. The van der Waals surface area contributed by atoms with Crippen LogP contribution >= 0.6 is 11.8 Å². The topological polar surface area (TPSA) is 49.4 Å². The molecule has 0 saturated carbocycles. The molecular formula is C23H18F2N2O2S. The summed E-state index contributed by atoms with van der Waals surface area (Å²) in [5.74, 6) is -0.873. The lowest BCUT2D eigenvalue weighted by Gasteiger charge is -2.25. The van der Waals surface area contributed by atoms with E-state index in [1.807, 2.05) is 12.1 Å². The maximum atomic E-state index is 14.0. The van der Waals surface area contributed by atoms with E-state index in [4.69, 9.17) is 0 Å². The highest BCUT2D eigenvalue weighted by atomic mass is 32.2. The first-order valence-electron chi connectivity index (χ1n) is 9.29. The largest absolute Gasteiger partial charge is 0.322 e. The highest BCUT2D eigenvalue weighted by Gasteiger charge is 2.34. The molecule has 152 valence electrons. The van der Waals surface area contributed by atoms with Gasteiger partial charge in [-0.15, -0.1) is 11.8 Å². The molecule has 1 heterocycles. The van der Waals surface area contributed by atoms with Gasteiger partial charge < -0.3 is 5.32 Å². The number of amides is 2. The molecule has 1 aliphatic heterocycles. The Morgan fingerprint density at radius 1 is 1.03 bits per heavy atom. The summed E-state index contributed by atoms with van der Waals surface area (Å²) in [6.45, 7) is 1.68. The van der Waals surface area contributed by atoms with Crippen LogP contribution in [0, 0.1) is 18.6 Å². The van der Waals surface area contributed by atoms with E-state index in [0.29, 0.717) is 28.3 Å². The first-order chi connectivity index (χ1) is 14.4. The zero-order valence-electron chi connectivity index (χ0n) is 16.1. The minimum Gasteiger partial charge on any atom is -0.322 e. The van der Waals surface area contributed by atoms with Gasteiger partial charge in [0.25, 0.3) is 5.91 Å². The fourth-order valence-corrected chi connectivity index (χ4v) is 4.39. The van der Waals surface area contributed by atoms with Crippen LogP contribution in [0.15, 0.2) is 66.7 Å². The van der Waals surface area contributed by atoms with Gasteiger partial charge in [-0.25, -0.2) is 8.78 Å². The maximum Gasteiger partial charge on any atom is 0.255 e. The summed E-state index contributed by atoms with van der Waals surface area (Å²) in [7, 11) is 0. The molecule has 4 rings (SSSR count). The van der Waals surface area contributed by atoms with E-state index in [2.05, 4.69) is 5.32 Å². The van der Waals surface area contributed by atoms with Crippen LogP contribution in [-0.4, -0.2) is 17.6 Å². The van der Waals surface area contributed by atoms with Gasteiger partial charge in [-0.05, 0) is 66.6 Å². The number of rotatable bonds is 4. The van der Waals surface area contributed by atoms with E-state index in [1.165, 1.54) is 42.1 Å². The van der Waals surface area contributed by atoms with Crippen molar-refractivity contribution in [3.05, 3.63) is 95.1 Å². The van der Waals surface area contributed by atoms with E-state index in [-0.39, 0.29) is 23.0 Å². The zero-order chi connectivity index (χ0) is 21.3. The predicted molar refractivity (Wildman–Crippen MR) is 115 cm³/mol. The number of hydrogen-bond donors (Lipinski definition) is 1. The summed E-state index contributed by atoms with van der Waals surface area (Å²) in [6, 6.07) is 17.2. The van der Waals surface area contributed by atoms with E-state index in [9.17, 15) is 18.4 Å². The molecule has 3 aromatic rings. The Morgan fingerprint density at radius 2 is 1.73 bits per heavy atom. The van der Waals surface area contributed by atoms with Gasteiger partial charge in [0.1, 0.15) is 17.0 Å². The fraction of sp³-hybridized carbons (Fsp3) is 0.130. The minimum absolute atomic E-state index is 0.0815. The number of carbonyl (C=O) groups excluding carboxylic acids is 2. The molecule has 1 saturated heterocycles. The van der Waals surface area contributed by atoms with Gasteiger partial charge >= 0.3 is 0 Å². The Morgan fingerprint density at radius 3 is 2.40 bits per heavy atom. The SMILES string of the molecule is Cc1ccc(N2C(=O)CS[C@H]2c2ccc(NC(=O)c3ccc(F)cc3)cc2)cc1F. The number of aryl methyl sites for hydroxylation is 1. The van der Waals surface area contributed by atoms with E-state index in [0.717, 1.165) is 5.56 Å². The number of benzene rings is 3. The smallest absolute Gasteiger partial charge is 0.255 e. The van der Waals surface area contributed by atoms with Crippen LogP contribution in [0.4, 0.5) is 20.2 Å². The summed E-state index contributed by atoms with van der Waals surface area (Å²) in [6.07, 6.45) is 0. The average molecular weight is 424 g/mol. The summed E-state index contributed by atoms with van der Waals surface area (Å²) < 4.78 is 27.0. The number of anilines is 2. The van der Waals surface area contributed by atoms with Crippen LogP contribution < -0.4 is 10.2 Å². The van der Waals surface area contributed by atoms with Crippen molar-refractivity contribution in [2.45, 2.75) is 12.3 Å². The Hall–Kier alpha value is -3.19. The second-order valence-corrected chi connectivity index (χ2v) is 8.01. The van der Waals surface area contributed by atoms with Gasteiger partial charge in [0.05, 0.1) is 5.75 Å². The lowest BCUT2D eigenvalue weighted by Crippen LogP contribution is -2.28. The molecule has 1 fully saturated rings. The zero-order valence-corrected chi connectivity index (χ0v) is 16.9. The lowest BCUT2D eigenvalue weighted by molar-refractivity contribution is -0.115. The number of nitrogens with one attached hydrogen (secondary N) is 1. The molecule has 4 nitrogen and oxygen atoms in total. The van der Waals surface area contributed by atoms with Gasteiger partial charge in [0, 0.05) is 16.9 Å². The molecule has 0 aliphatic carbocycles. The molecule has 0 spiro atoms. The number of halogens is 2. The van der Waals surface area contributed by atoms with Gasteiger partial charge in [-0.2, -0.15) is 0 Å². The lowest BCUT2D eigenvalue weighted by atomic mass is 10.1. The van der Waals surface area contributed by atoms with Crippen molar-refractivity contribution in [1.82, 2.24) is 0 Å². The third kappa shape index (κ3) is 4.07. The molecular weight excluding hydrogens is 406 g/mol. The molecule has 0 radical (unpaired) electrons. The highest BCUT2D eigenvalue weighted by Crippen LogP contribution is 2.42. The van der Waals surface area contributed by atoms with Crippen LogP contribution in [0.1, 0.15) is 26.9 Å². The Balaban J connectivity index is 1.52. The molecule has 1 aliphatic rings. The normalized spacial score (nSPS) is 16.0. The minimum atomic E-state index is -0.405. The predicted octanol–water partition coefficient (Wildman–Crippen LogP) is 5.30. The summed E-state index contributed by atoms with van der Waals surface area (Å²) >= 11 is 1.47. The Kier molecular flexibility index (Phi) is 5.55. The Labute approximate surface area is 176 Å². The fourth-order valence-electron chi connectivity index (χ4n) is 3.22. The Bertz CT molecular complexity index is 1100. The van der Waals surface area contributed by atoms with E-state index < -0.39 is 5.82 Å². The highest BCUT2D eigenvalue weighted by molar-refractivity contribution is 8.00. The molecule has 0 bridgehead atoms. The van der Waals surface area contributed by atoms with Gasteiger partial charge in [-0.3, -0.25) is 14.5 Å². The monoisotopic (exact) mass is 424 g/mol. The third-order valence-electron chi connectivity index (χ3n) is 4.86. The van der Waals surface area contributed by atoms with E-state index in [1.54, 1.807) is 36.1 Å². The molecule has 7 heteroatoms. The summed E-state index contributed by atoms with van der Waals surface area (Å²) in [4.78, 5) is 26.3. The number of thioether (sulfide) groups is 1. The number of carbonyl (C=O) groups is 2. The number of nitrogens with zero attached hydrogens (tertiary/aromatic N) is 1. The average Bonchev–Trinajstić information content (AvgIpc) is 3.12. The molecule has 1 N–H and O–H groups in total. The second-order valence-electron chi connectivity index (χ2n) is 6.94. The van der Waals surface area contributed by atoms with Crippen molar-refractivity contribution in [3.63, 3.8) is 0 Å². The van der Waals surface area contributed by atoms with Crippen molar-refractivity contribution in [2.75, 3.05) is 16.0 Å². The molecule has 3 aromatic carbocycles. The molecule has 0 unspecified atom stereocenters. The van der Waals surface area contributed by atoms with Gasteiger partial charge in [0.15, 0.2) is 0 Å².